The highest BCUT2D eigenvalue weighted by atomic mass is 16.5. The highest BCUT2D eigenvalue weighted by Gasteiger charge is 2.29. The molecule has 34 heavy (non-hydrogen) atoms. The van der Waals surface area contributed by atoms with Crippen LogP contribution in [0.15, 0.2) is 48.5 Å². The van der Waals surface area contributed by atoms with Gasteiger partial charge in [0.05, 0.1) is 0 Å². The van der Waals surface area contributed by atoms with E-state index in [1.165, 1.54) is 0 Å². The highest BCUT2D eigenvalue weighted by Crippen LogP contribution is 2.44. The Kier molecular flexibility index (Phi) is 8.68. The molecule has 2 amide bonds. The first-order valence-corrected chi connectivity index (χ1v) is 11.9. The summed E-state index contributed by atoms with van der Waals surface area (Å²) in [4.78, 5) is 35.6. The normalized spacial score (nSPS) is 14.1. The van der Waals surface area contributed by atoms with Gasteiger partial charge in [-0.2, -0.15) is 0 Å². The molecule has 3 N–H and O–H groups in total. The van der Waals surface area contributed by atoms with E-state index < -0.39 is 18.1 Å². The summed E-state index contributed by atoms with van der Waals surface area (Å²) in [6.07, 6.45) is 0.757. The first kappa shape index (κ1) is 25.3. The standard InChI is InChI=1S/C27H34N2O5/c1-17(2)19(12-13-25(30)31)14-15-28-26(32)18(3)29-27(33)34-16-24-22-10-6-4-8-20(22)21-9-5-7-11-23(21)24/h4-11,17-19,24H,12-16H2,1-3H3,(H,28,32)(H,29,33)(H,30,31). The molecule has 0 aromatic heterocycles. The second-order valence-electron chi connectivity index (χ2n) is 9.21. The summed E-state index contributed by atoms with van der Waals surface area (Å²) in [6, 6.07) is 15.5. The van der Waals surface area contributed by atoms with Crippen LogP contribution in [0, 0.1) is 11.8 Å². The van der Waals surface area contributed by atoms with Gasteiger partial charge in [-0.25, -0.2) is 4.79 Å². The summed E-state index contributed by atoms with van der Waals surface area (Å²) >= 11 is 0. The van der Waals surface area contributed by atoms with E-state index in [1.54, 1.807) is 6.92 Å². The van der Waals surface area contributed by atoms with Gasteiger partial charge in [-0.3, -0.25) is 9.59 Å². The van der Waals surface area contributed by atoms with Gasteiger partial charge in [0.2, 0.25) is 5.91 Å². The average Bonchev–Trinajstić information content (AvgIpc) is 3.13. The Labute approximate surface area is 200 Å². The number of ether oxygens (including phenoxy) is 1. The molecular weight excluding hydrogens is 432 g/mol. The van der Waals surface area contributed by atoms with E-state index in [4.69, 9.17) is 9.84 Å². The van der Waals surface area contributed by atoms with Crippen molar-refractivity contribution in [2.45, 2.75) is 52.0 Å². The number of rotatable bonds is 11. The third-order valence-corrected chi connectivity index (χ3v) is 6.56. The zero-order chi connectivity index (χ0) is 24.7. The zero-order valence-electron chi connectivity index (χ0n) is 20.0. The molecule has 2 aromatic rings. The molecule has 182 valence electrons. The van der Waals surface area contributed by atoms with Crippen molar-refractivity contribution < 1.29 is 24.2 Å². The minimum absolute atomic E-state index is 0.0407. The predicted molar refractivity (Wildman–Crippen MR) is 130 cm³/mol. The third kappa shape index (κ3) is 6.37. The van der Waals surface area contributed by atoms with E-state index >= 15 is 0 Å². The van der Waals surface area contributed by atoms with Gasteiger partial charge in [-0.05, 0) is 53.9 Å². The van der Waals surface area contributed by atoms with E-state index in [2.05, 4.69) is 48.7 Å². The maximum Gasteiger partial charge on any atom is 0.407 e. The number of hydrogen-bond acceptors (Lipinski definition) is 4. The van der Waals surface area contributed by atoms with Crippen molar-refractivity contribution in [1.29, 1.82) is 0 Å². The Bertz CT molecular complexity index is 974. The monoisotopic (exact) mass is 466 g/mol. The fourth-order valence-corrected chi connectivity index (χ4v) is 4.54. The van der Waals surface area contributed by atoms with Crippen molar-refractivity contribution in [3.05, 3.63) is 59.7 Å². The van der Waals surface area contributed by atoms with Crippen LogP contribution in [-0.2, 0) is 14.3 Å². The lowest BCUT2D eigenvalue weighted by Crippen LogP contribution is -2.45. The lowest BCUT2D eigenvalue weighted by molar-refractivity contribution is -0.137. The molecule has 0 saturated carbocycles. The van der Waals surface area contributed by atoms with Gasteiger partial charge in [0.15, 0.2) is 0 Å². The molecule has 0 saturated heterocycles. The molecule has 0 aliphatic heterocycles. The van der Waals surface area contributed by atoms with Crippen LogP contribution in [-0.4, -0.2) is 42.3 Å². The predicted octanol–water partition coefficient (Wildman–Crippen LogP) is 4.56. The third-order valence-electron chi connectivity index (χ3n) is 6.56. The van der Waals surface area contributed by atoms with Gasteiger partial charge in [0.1, 0.15) is 12.6 Å². The maximum absolute atomic E-state index is 12.4. The molecule has 0 fully saturated rings. The lowest BCUT2D eigenvalue weighted by Gasteiger charge is -2.21. The van der Waals surface area contributed by atoms with Crippen LogP contribution in [0.2, 0.25) is 0 Å². The minimum Gasteiger partial charge on any atom is -0.481 e. The molecule has 2 atom stereocenters. The Balaban J connectivity index is 1.46. The van der Waals surface area contributed by atoms with E-state index in [1.807, 2.05) is 24.3 Å². The van der Waals surface area contributed by atoms with E-state index in [0.717, 1.165) is 22.3 Å². The fraction of sp³-hybridized carbons (Fsp3) is 0.444. The first-order chi connectivity index (χ1) is 16.3. The SMILES string of the molecule is CC(NC(=O)OCC1c2ccccc2-c2ccccc21)C(=O)NCCC(CCC(=O)O)C(C)C. The number of carbonyl (C=O) groups excluding carboxylic acids is 2. The molecule has 0 bridgehead atoms. The summed E-state index contributed by atoms with van der Waals surface area (Å²) in [5.74, 6) is -0.611. The van der Waals surface area contributed by atoms with Crippen molar-refractivity contribution in [3.63, 3.8) is 0 Å². The van der Waals surface area contributed by atoms with Gasteiger partial charge in [0.25, 0.3) is 0 Å². The Morgan fingerprint density at radius 3 is 2.09 bits per heavy atom. The fourth-order valence-electron chi connectivity index (χ4n) is 4.54. The number of alkyl carbamates (subject to hydrolysis) is 1. The smallest absolute Gasteiger partial charge is 0.407 e. The van der Waals surface area contributed by atoms with Crippen molar-refractivity contribution in [1.82, 2.24) is 10.6 Å². The van der Waals surface area contributed by atoms with Gasteiger partial charge < -0.3 is 20.5 Å². The van der Waals surface area contributed by atoms with Gasteiger partial charge in [0, 0.05) is 18.9 Å². The minimum atomic E-state index is -0.810. The van der Waals surface area contributed by atoms with E-state index in [-0.39, 0.29) is 30.8 Å². The van der Waals surface area contributed by atoms with Crippen molar-refractivity contribution in [2.24, 2.45) is 11.8 Å². The molecule has 0 radical (unpaired) electrons. The Hall–Kier alpha value is -3.35. The van der Waals surface area contributed by atoms with Crippen LogP contribution in [0.4, 0.5) is 4.79 Å². The second kappa shape index (κ2) is 11.7. The molecule has 2 unspecified atom stereocenters. The largest absolute Gasteiger partial charge is 0.481 e. The van der Waals surface area contributed by atoms with Crippen molar-refractivity contribution >= 4 is 18.0 Å². The quantitative estimate of drug-likeness (QED) is 0.450. The molecule has 7 heteroatoms. The summed E-state index contributed by atoms with van der Waals surface area (Å²) < 4.78 is 5.50. The summed E-state index contributed by atoms with van der Waals surface area (Å²) in [7, 11) is 0. The molecule has 3 rings (SSSR count). The molecule has 1 aliphatic carbocycles. The summed E-state index contributed by atoms with van der Waals surface area (Å²) in [6.45, 7) is 6.33. The zero-order valence-corrected chi connectivity index (χ0v) is 20.0. The van der Waals surface area contributed by atoms with Crippen LogP contribution >= 0.6 is 0 Å². The second-order valence-corrected chi connectivity index (χ2v) is 9.21. The van der Waals surface area contributed by atoms with Crippen LogP contribution in [0.1, 0.15) is 57.1 Å². The van der Waals surface area contributed by atoms with Gasteiger partial charge in [-0.1, -0.05) is 62.4 Å². The Morgan fingerprint density at radius 1 is 0.941 bits per heavy atom. The number of carboxylic acids is 1. The van der Waals surface area contributed by atoms with E-state index in [9.17, 15) is 14.4 Å². The number of amides is 2. The molecule has 1 aliphatic rings. The molecule has 2 aromatic carbocycles. The lowest BCUT2D eigenvalue weighted by atomic mass is 9.88. The van der Waals surface area contributed by atoms with Crippen molar-refractivity contribution in [2.75, 3.05) is 13.2 Å². The number of nitrogens with one attached hydrogen (secondary N) is 2. The molecule has 7 nitrogen and oxygen atoms in total. The van der Waals surface area contributed by atoms with Gasteiger partial charge in [-0.15, -0.1) is 0 Å². The number of benzene rings is 2. The van der Waals surface area contributed by atoms with E-state index in [0.29, 0.717) is 25.3 Å². The van der Waals surface area contributed by atoms with Crippen LogP contribution < -0.4 is 10.6 Å². The van der Waals surface area contributed by atoms with Crippen LogP contribution in [0.3, 0.4) is 0 Å². The van der Waals surface area contributed by atoms with Crippen LogP contribution in [0.5, 0.6) is 0 Å². The van der Waals surface area contributed by atoms with Gasteiger partial charge >= 0.3 is 12.1 Å². The number of hydrogen-bond donors (Lipinski definition) is 3. The topological polar surface area (TPSA) is 105 Å². The number of fused-ring (bicyclic) bond motifs is 3. The average molecular weight is 467 g/mol. The Morgan fingerprint density at radius 2 is 1.53 bits per heavy atom. The molecular formula is C27H34N2O5. The first-order valence-electron chi connectivity index (χ1n) is 11.9. The summed E-state index contributed by atoms with van der Waals surface area (Å²) in [5, 5.41) is 14.3. The molecule has 0 heterocycles. The number of aliphatic carboxylic acids is 1. The molecule has 0 spiro atoms. The van der Waals surface area contributed by atoms with Crippen LogP contribution in [0.25, 0.3) is 11.1 Å². The number of carboxylic acid groups (broad SMARTS) is 1. The maximum atomic E-state index is 12.4. The number of carbonyl (C=O) groups is 3. The highest BCUT2D eigenvalue weighted by molar-refractivity contribution is 5.85. The summed E-state index contributed by atoms with van der Waals surface area (Å²) in [5.41, 5.74) is 4.57. The van der Waals surface area contributed by atoms with Crippen molar-refractivity contribution in [3.8, 4) is 11.1 Å².